The molecule has 2 aliphatic rings. The third kappa shape index (κ3) is 3.85. The monoisotopic (exact) mass is 452 g/mol. The number of benzene rings is 2. The van der Waals surface area contributed by atoms with Crippen molar-refractivity contribution in [3.05, 3.63) is 76.5 Å². The van der Waals surface area contributed by atoms with Crippen LogP contribution in [0.25, 0.3) is 17.0 Å². The van der Waals surface area contributed by atoms with Gasteiger partial charge in [0.15, 0.2) is 0 Å². The molecule has 5 nitrogen and oxygen atoms in total. The van der Waals surface area contributed by atoms with Crippen molar-refractivity contribution in [3.8, 4) is 0 Å². The molecule has 5 rings (SSSR count). The summed E-state index contributed by atoms with van der Waals surface area (Å²) in [5, 5.41) is 9.95. The van der Waals surface area contributed by atoms with Gasteiger partial charge in [0.05, 0.1) is 12.6 Å². The molecular formula is C26H26F2N2O3. The summed E-state index contributed by atoms with van der Waals surface area (Å²) in [6.07, 6.45) is 4.52. The zero-order valence-corrected chi connectivity index (χ0v) is 18.4. The van der Waals surface area contributed by atoms with E-state index < -0.39 is 23.6 Å². The maximum atomic E-state index is 15.6. The molecule has 33 heavy (non-hydrogen) atoms. The molecule has 2 N–H and O–H groups in total. The van der Waals surface area contributed by atoms with Gasteiger partial charge in [-0.1, -0.05) is 25.1 Å². The van der Waals surface area contributed by atoms with Gasteiger partial charge in [-0.05, 0) is 54.7 Å². The number of carbonyl (C=O) groups is 1. The highest BCUT2D eigenvalue weighted by atomic mass is 19.1. The van der Waals surface area contributed by atoms with Crippen molar-refractivity contribution in [1.82, 2.24) is 9.88 Å². The number of halogens is 2. The van der Waals surface area contributed by atoms with Crippen LogP contribution in [0.5, 0.6) is 0 Å². The van der Waals surface area contributed by atoms with Crippen LogP contribution in [0, 0.1) is 11.6 Å². The van der Waals surface area contributed by atoms with Crippen LogP contribution in [-0.4, -0.2) is 46.3 Å². The largest absolute Gasteiger partial charge is 0.478 e. The normalized spacial score (nSPS) is 23.4. The Bertz CT molecular complexity index is 1210. The number of carboxylic acids is 1. The van der Waals surface area contributed by atoms with Gasteiger partial charge in [-0.15, -0.1) is 0 Å². The van der Waals surface area contributed by atoms with Crippen molar-refractivity contribution in [2.75, 3.05) is 13.2 Å². The van der Waals surface area contributed by atoms with Crippen LogP contribution in [0.3, 0.4) is 0 Å². The number of carboxylic acid groups (broad SMARTS) is 1. The Hall–Kier alpha value is -3.03. The second-order valence-corrected chi connectivity index (χ2v) is 8.77. The molecule has 3 heterocycles. The molecule has 7 heteroatoms. The fourth-order valence-corrected chi connectivity index (χ4v) is 5.42. The van der Waals surface area contributed by atoms with Crippen LogP contribution >= 0.6 is 0 Å². The maximum Gasteiger partial charge on any atom is 0.328 e. The summed E-state index contributed by atoms with van der Waals surface area (Å²) >= 11 is 0. The molecule has 0 radical (unpaired) electrons. The number of nitrogens with zero attached hydrogens (tertiary/aromatic N) is 1. The lowest BCUT2D eigenvalue weighted by Gasteiger charge is -2.45. The Kier molecular flexibility index (Phi) is 5.76. The van der Waals surface area contributed by atoms with Gasteiger partial charge in [0, 0.05) is 46.9 Å². The number of H-pyrrole nitrogens is 1. The average Bonchev–Trinajstić information content (AvgIpc) is 3.44. The van der Waals surface area contributed by atoms with Gasteiger partial charge in [0.2, 0.25) is 0 Å². The number of hydrogen-bond donors (Lipinski definition) is 2. The molecule has 0 bridgehead atoms. The smallest absolute Gasteiger partial charge is 0.328 e. The van der Waals surface area contributed by atoms with Crippen molar-refractivity contribution in [3.63, 3.8) is 0 Å². The van der Waals surface area contributed by atoms with Gasteiger partial charge < -0.3 is 14.8 Å². The van der Waals surface area contributed by atoms with E-state index in [1.807, 2.05) is 18.2 Å². The van der Waals surface area contributed by atoms with Crippen molar-refractivity contribution in [1.29, 1.82) is 0 Å². The number of nitrogens with one attached hydrogen (secondary N) is 1. The molecule has 172 valence electrons. The van der Waals surface area contributed by atoms with Crippen LogP contribution in [0.4, 0.5) is 8.78 Å². The van der Waals surface area contributed by atoms with Crippen LogP contribution in [-0.2, 0) is 16.0 Å². The van der Waals surface area contributed by atoms with E-state index in [0.29, 0.717) is 13.2 Å². The summed E-state index contributed by atoms with van der Waals surface area (Å²) in [7, 11) is 0. The average molecular weight is 453 g/mol. The minimum atomic E-state index is -1.17. The lowest BCUT2D eigenvalue weighted by molar-refractivity contribution is -0.131. The van der Waals surface area contributed by atoms with Crippen LogP contribution < -0.4 is 0 Å². The number of aromatic nitrogens is 1. The molecule has 0 amide bonds. The molecular weight excluding hydrogens is 426 g/mol. The Labute approximate surface area is 190 Å². The van der Waals surface area contributed by atoms with Crippen LogP contribution in [0.1, 0.15) is 48.2 Å². The summed E-state index contributed by atoms with van der Waals surface area (Å²) in [4.78, 5) is 16.5. The molecule has 1 saturated heterocycles. The van der Waals surface area contributed by atoms with E-state index in [1.54, 1.807) is 0 Å². The number of para-hydroxylation sites is 1. The highest BCUT2D eigenvalue weighted by Crippen LogP contribution is 2.45. The molecule has 3 aromatic rings. The van der Waals surface area contributed by atoms with Gasteiger partial charge in [-0.3, -0.25) is 4.90 Å². The molecule has 1 fully saturated rings. The Morgan fingerprint density at radius 1 is 1.27 bits per heavy atom. The van der Waals surface area contributed by atoms with E-state index in [0.717, 1.165) is 47.5 Å². The number of fused-ring (bicyclic) bond motifs is 3. The van der Waals surface area contributed by atoms with E-state index in [4.69, 9.17) is 9.84 Å². The summed E-state index contributed by atoms with van der Waals surface area (Å²) in [5.41, 5.74) is 3.03. The Morgan fingerprint density at radius 2 is 2.03 bits per heavy atom. The van der Waals surface area contributed by atoms with Crippen LogP contribution in [0.2, 0.25) is 0 Å². The predicted molar refractivity (Wildman–Crippen MR) is 122 cm³/mol. The second-order valence-electron chi connectivity index (χ2n) is 8.77. The summed E-state index contributed by atoms with van der Waals surface area (Å²) < 4.78 is 36.8. The molecule has 0 aliphatic carbocycles. The molecule has 3 atom stereocenters. The van der Waals surface area contributed by atoms with Gasteiger partial charge >= 0.3 is 5.97 Å². The number of aliphatic carboxylic acids is 1. The Morgan fingerprint density at radius 3 is 2.70 bits per heavy atom. The third-order valence-corrected chi connectivity index (χ3v) is 6.87. The number of hydrogen-bond acceptors (Lipinski definition) is 3. The summed E-state index contributed by atoms with van der Waals surface area (Å²) in [5.74, 6) is -2.54. The number of rotatable bonds is 5. The Balaban J connectivity index is 1.71. The molecule has 3 unspecified atom stereocenters. The molecule has 2 aliphatic heterocycles. The third-order valence-electron chi connectivity index (χ3n) is 6.87. The zero-order chi connectivity index (χ0) is 23.1. The van der Waals surface area contributed by atoms with Gasteiger partial charge in [-0.2, -0.15) is 0 Å². The first-order valence-corrected chi connectivity index (χ1v) is 11.3. The topological polar surface area (TPSA) is 65.6 Å². The molecule has 1 aromatic heterocycles. The van der Waals surface area contributed by atoms with E-state index in [9.17, 15) is 4.79 Å². The van der Waals surface area contributed by atoms with Gasteiger partial charge in [0.25, 0.3) is 0 Å². The predicted octanol–water partition coefficient (Wildman–Crippen LogP) is 5.06. The first kappa shape index (κ1) is 21.8. The standard InChI is InChI=1S/C26H26F2N2O3/c1-2-16-13-19-18-5-3-4-6-22(18)29-25(19)26(30(16)17-9-10-33-14-17)24-20(27)11-15(12-21(24)28)7-8-23(31)32/h3-8,11-12,16-17,26,29H,2,9-10,13-14H2,1H3,(H,31,32)/b8-7+. The lowest BCUT2D eigenvalue weighted by atomic mass is 9.85. The lowest BCUT2D eigenvalue weighted by Crippen LogP contribution is -2.50. The highest BCUT2D eigenvalue weighted by molar-refractivity contribution is 5.86. The highest BCUT2D eigenvalue weighted by Gasteiger charge is 2.43. The van der Waals surface area contributed by atoms with Gasteiger partial charge in [-0.25, -0.2) is 13.6 Å². The minimum absolute atomic E-state index is 0.0136. The molecule has 2 aromatic carbocycles. The SMILES string of the molecule is CCC1Cc2c([nH]c3ccccc23)C(c2c(F)cc(/C=C/C(=O)O)cc2F)N1C1CCOC1. The van der Waals surface area contributed by atoms with Crippen molar-refractivity contribution in [2.24, 2.45) is 0 Å². The second kappa shape index (κ2) is 8.72. The van der Waals surface area contributed by atoms with E-state index in [2.05, 4.69) is 22.9 Å². The van der Waals surface area contributed by atoms with Crippen molar-refractivity contribution >= 4 is 22.9 Å². The first-order valence-electron chi connectivity index (χ1n) is 11.3. The number of aromatic amines is 1. The maximum absolute atomic E-state index is 15.6. The van der Waals surface area contributed by atoms with Crippen molar-refractivity contribution < 1.29 is 23.4 Å². The van der Waals surface area contributed by atoms with Crippen LogP contribution in [0.15, 0.2) is 42.5 Å². The van der Waals surface area contributed by atoms with Gasteiger partial charge in [0.1, 0.15) is 11.6 Å². The van der Waals surface area contributed by atoms with Crippen molar-refractivity contribution in [2.45, 2.75) is 44.3 Å². The molecule has 0 spiro atoms. The summed E-state index contributed by atoms with van der Waals surface area (Å²) in [6.45, 7) is 3.27. The summed E-state index contributed by atoms with van der Waals surface area (Å²) in [6, 6.07) is 9.92. The zero-order valence-electron chi connectivity index (χ0n) is 18.4. The van der Waals surface area contributed by atoms with E-state index in [1.165, 1.54) is 18.2 Å². The number of ether oxygens (including phenoxy) is 1. The van der Waals surface area contributed by atoms with E-state index >= 15 is 8.78 Å². The molecule has 0 saturated carbocycles. The van der Waals surface area contributed by atoms with E-state index in [-0.39, 0.29) is 23.2 Å². The minimum Gasteiger partial charge on any atom is -0.478 e. The fourth-order valence-electron chi connectivity index (χ4n) is 5.42. The quantitative estimate of drug-likeness (QED) is 0.531. The fraction of sp³-hybridized carbons (Fsp3) is 0.346. The first-order chi connectivity index (χ1) is 16.0.